The molecular weight excluding hydrogens is 394 g/mol. The summed E-state index contributed by atoms with van der Waals surface area (Å²) >= 11 is 0. The second-order valence-electron chi connectivity index (χ2n) is 7.47. The summed E-state index contributed by atoms with van der Waals surface area (Å²) in [7, 11) is 1.64. The van der Waals surface area contributed by atoms with Crippen molar-refractivity contribution in [2.45, 2.75) is 44.3 Å². The van der Waals surface area contributed by atoms with E-state index in [4.69, 9.17) is 15.2 Å². The number of rotatable bonds is 6. The van der Waals surface area contributed by atoms with Gasteiger partial charge in [0.15, 0.2) is 0 Å². The number of carbonyl (C=O) groups excluding carboxylic acids is 2. The van der Waals surface area contributed by atoms with Crippen LogP contribution in [0.3, 0.4) is 0 Å². The van der Waals surface area contributed by atoms with Crippen molar-refractivity contribution >= 4 is 24.2 Å². The van der Waals surface area contributed by atoms with Crippen LogP contribution < -0.4 is 10.5 Å². The Labute approximate surface area is 178 Å². The van der Waals surface area contributed by atoms with E-state index < -0.39 is 0 Å². The highest BCUT2D eigenvalue weighted by molar-refractivity contribution is 5.85. The summed E-state index contributed by atoms with van der Waals surface area (Å²) in [5, 5.41) is 0. The highest BCUT2D eigenvalue weighted by Crippen LogP contribution is 2.21. The summed E-state index contributed by atoms with van der Waals surface area (Å²) in [6, 6.07) is 7.81. The number of methoxy groups -OCH3 is 1. The molecular formula is C21H32ClN3O4. The molecule has 2 amide bonds. The summed E-state index contributed by atoms with van der Waals surface area (Å²) < 4.78 is 10.9. The quantitative estimate of drug-likeness (QED) is 0.748. The van der Waals surface area contributed by atoms with Crippen LogP contribution in [0.1, 0.15) is 31.2 Å². The van der Waals surface area contributed by atoms with Gasteiger partial charge in [-0.05, 0) is 43.4 Å². The Morgan fingerprint density at radius 1 is 1.10 bits per heavy atom. The van der Waals surface area contributed by atoms with Crippen LogP contribution in [0.25, 0.3) is 0 Å². The number of nitrogens with two attached hydrogens (primary N) is 1. The number of halogens is 1. The number of hydrogen-bond acceptors (Lipinski definition) is 5. The van der Waals surface area contributed by atoms with E-state index in [1.165, 1.54) is 0 Å². The highest BCUT2D eigenvalue weighted by Gasteiger charge is 2.33. The van der Waals surface area contributed by atoms with Gasteiger partial charge >= 0.3 is 0 Å². The minimum absolute atomic E-state index is 0. The Bertz CT molecular complexity index is 670. The van der Waals surface area contributed by atoms with E-state index in [0.717, 1.165) is 30.6 Å². The Hall–Kier alpha value is -1.83. The number of hydrogen-bond donors (Lipinski definition) is 1. The summed E-state index contributed by atoms with van der Waals surface area (Å²) in [4.78, 5) is 29.1. The number of benzene rings is 1. The highest BCUT2D eigenvalue weighted by atomic mass is 35.5. The first kappa shape index (κ1) is 23.4. The van der Waals surface area contributed by atoms with Gasteiger partial charge in [-0.15, -0.1) is 12.4 Å². The van der Waals surface area contributed by atoms with Crippen LogP contribution in [0.5, 0.6) is 5.75 Å². The molecule has 2 N–H and O–H groups in total. The van der Waals surface area contributed by atoms with E-state index in [1.807, 2.05) is 34.1 Å². The van der Waals surface area contributed by atoms with Gasteiger partial charge in [0.2, 0.25) is 5.91 Å². The lowest BCUT2D eigenvalue weighted by molar-refractivity contribution is -0.143. The lowest BCUT2D eigenvalue weighted by Crippen LogP contribution is -2.42. The van der Waals surface area contributed by atoms with Crippen molar-refractivity contribution < 1.29 is 19.1 Å². The van der Waals surface area contributed by atoms with Crippen molar-refractivity contribution in [3.05, 3.63) is 29.8 Å². The molecule has 2 fully saturated rings. The predicted molar refractivity (Wildman–Crippen MR) is 113 cm³/mol. The third-order valence-electron chi connectivity index (χ3n) is 5.59. The summed E-state index contributed by atoms with van der Waals surface area (Å²) in [6.45, 7) is 2.98. The Kier molecular flexibility index (Phi) is 9.20. The zero-order chi connectivity index (χ0) is 19.9. The van der Waals surface area contributed by atoms with Crippen LogP contribution in [0.2, 0.25) is 0 Å². The topological polar surface area (TPSA) is 85.1 Å². The maximum Gasteiger partial charge on any atom is 0.251 e. The van der Waals surface area contributed by atoms with Gasteiger partial charge in [-0.1, -0.05) is 12.1 Å². The van der Waals surface area contributed by atoms with Crippen molar-refractivity contribution in [1.29, 1.82) is 0 Å². The number of ether oxygens (including phenoxy) is 2. The van der Waals surface area contributed by atoms with Crippen molar-refractivity contribution in [3.8, 4) is 5.75 Å². The Morgan fingerprint density at radius 3 is 2.45 bits per heavy atom. The largest absolute Gasteiger partial charge is 0.497 e. The number of nitrogens with zero attached hydrogens (tertiary/aromatic N) is 2. The Balaban J connectivity index is 0.00000300. The standard InChI is InChI=1S/C21H31N3O4.ClH/c1-27-17-6-3-16(4-7-17)5-10-20(25)23-11-2-12-24(14-13-23)21(26)19-9-8-18(15-22)28-19;/h3-4,6-7,18-19H,2,5,8-15,22H2,1H3;1H/t18-,19+;/m1./s1. The van der Waals surface area contributed by atoms with E-state index in [1.54, 1.807) is 7.11 Å². The maximum absolute atomic E-state index is 12.7. The molecule has 2 atom stereocenters. The molecule has 0 saturated carbocycles. The third-order valence-corrected chi connectivity index (χ3v) is 5.59. The second kappa shape index (κ2) is 11.4. The van der Waals surface area contributed by atoms with Crippen molar-refractivity contribution in [2.75, 3.05) is 39.8 Å². The van der Waals surface area contributed by atoms with Crippen molar-refractivity contribution in [1.82, 2.24) is 9.80 Å². The minimum atomic E-state index is -0.370. The van der Waals surface area contributed by atoms with Gasteiger partial charge in [-0.25, -0.2) is 0 Å². The zero-order valence-electron chi connectivity index (χ0n) is 17.0. The zero-order valence-corrected chi connectivity index (χ0v) is 17.9. The number of amides is 2. The van der Waals surface area contributed by atoms with Crippen molar-refractivity contribution in [3.63, 3.8) is 0 Å². The fraction of sp³-hybridized carbons (Fsp3) is 0.619. The third kappa shape index (κ3) is 6.32. The average molecular weight is 426 g/mol. The maximum atomic E-state index is 12.7. The van der Waals surface area contributed by atoms with Gasteiger partial charge in [0.05, 0.1) is 13.2 Å². The van der Waals surface area contributed by atoms with Crippen LogP contribution in [-0.4, -0.2) is 73.7 Å². The van der Waals surface area contributed by atoms with Gasteiger partial charge in [0.25, 0.3) is 5.91 Å². The summed E-state index contributed by atoms with van der Waals surface area (Å²) in [6.07, 6.45) is 3.19. The van der Waals surface area contributed by atoms with Crippen LogP contribution >= 0.6 is 12.4 Å². The van der Waals surface area contributed by atoms with Gasteiger partial charge in [-0.3, -0.25) is 9.59 Å². The average Bonchev–Trinajstić information content (AvgIpc) is 3.08. The van der Waals surface area contributed by atoms with Crippen LogP contribution in [0.15, 0.2) is 24.3 Å². The monoisotopic (exact) mass is 425 g/mol. The molecule has 2 aliphatic rings. The second-order valence-corrected chi connectivity index (χ2v) is 7.47. The molecule has 0 bridgehead atoms. The molecule has 2 heterocycles. The smallest absolute Gasteiger partial charge is 0.251 e. The lowest BCUT2D eigenvalue weighted by atomic mass is 10.1. The number of carbonyl (C=O) groups is 2. The van der Waals surface area contributed by atoms with E-state index in [-0.39, 0.29) is 36.4 Å². The van der Waals surface area contributed by atoms with E-state index in [0.29, 0.717) is 45.6 Å². The molecule has 7 nitrogen and oxygen atoms in total. The molecule has 1 aromatic rings. The molecule has 29 heavy (non-hydrogen) atoms. The fourth-order valence-corrected chi connectivity index (χ4v) is 3.85. The van der Waals surface area contributed by atoms with Gasteiger partial charge in [0, 0.05) is 39.1 Å². The van der Waals surface area contributed by atoms with Gasteiger partial charge < -0.3 is 25.0 Å². The predicted octanol–water partition coefficient (Wildman–Crippen LogP) is 1.62. The molecule has 3 rings (SSSR count). The minimum Gasteiger partial charge on any atom is -0.497 e. The van der Waals surface area contributed by atoms with Crippen molar-refractivity contribution in [2.24, 2.45) is 5.73 Å². The van der Waals surface area contributed by atoms with E-state index in [2.05, 4.69) is 0 Å². The molecule has 0 unspecified atom stereocenters. The fourth-order valence-electron chi connectivity index (χ4n) is 3.85. The van der Waals surface area contributed by atoms with Crippen LogP contribution in [0, 0.1) is 0 Å². The molecule has 0 aliphatic carbocycles. The molecule has 1 aromatic carbocycles. The summed E-state index contributed by atoms with van der Waals surface area (Å²) in [5.74, 6) is 1.00. The SMILES string of the molecule is COc1ccc(CCC(=O)N2CCCN(C(=O)[C@@H]3CC[C@H](CN)O3)CC2)cc1.Cl. The van der Waals surface area contributed by atoms with E-state index >= 15 is 0 Å². The van der Waals surface area contributed by atoms with Crippen LogP contribution in [-0.2, 0) is 20.7 Å². The first-order valence-corrected chi connectivity index (χ1v) is 10.2. The van der Waals surface area contributed by atoms with E-state index in [9.17, 15) is 9.59 Å². The number of aryl methyl sites for hydroxylation is 1. The van der Waals surface area contributed by atoms with Crippen LogP contribution in [0.4, 0.5) is 0 Å². The first-order chi connectivity index (χ1) is 13.6. The molecule has 162 valence electrons. The van der Waals surface area contributed by atoms with Gasteiger partial charge in [0.1, 0.15) is 11.9 Å². The molecule has 0 spiro atoms. The normalized spacial score (nSPS) is 22.0. The molecule has 8 heteroatoms. The lowest BCUT2D eigenvalue weighted by Gasteiger charge is -2.24. The summed E-state index contributed by atoms with van der Waals surface area (Å²) in [5.41, 5.74) is 6.75. The molecule has 0 aromatic heterocycles. The first-order valence-electron chi connectivity index (χ1n) is 10.2. The molecule has 2 aliphatic heterocycles. The molecule has 2 saturated heterocycles. The van der Waals surface area contributed by atoms with Gasteiger partial charge in [-0.2, -0.15) is 0 Å². The molecule has 0 radical (unpaired) electrons. The Morgan fingerprint density at radius 2 is 1.79 bits per heavy atom.